The zero-order valence-electron chi connectivity index (χ0n) is 12.9. The largest absolute Gasteiger partial charge is 0.497 e. The molecule has 1 saturated carbocycles. The Balaban J connectivity index is 1.79. The Kier molecular flexibility index (Phi) is 4.07. The van der Waals surface area contributed by atoms with Gasteiger partial charge in [0.05, 0.1) is 18.2 Å². The van der Waals surface area contributed by atoms with Gasteiger partial charge in [0.2, 0.25) is 0 Å². The minimum atomic E-state index is -0.243. The highest BCUT2D eigenvalue weighted by Gasteiger charge is 2.34. The van der Waals surface area contributed by atoms with Crippen LogP contribution in [0.1, 0.15) is 31.2 Å². The molecular formula is C17H22N2O3. The summed E-state index contributed by atoms with van der Waals surface area (Å²) in [5, 5.41) is 3.13. The highest BCUT2D eigenvalue weighted by molar-refractivity contribution is 5.99. The lowest BCUT2D eigenvalue weighted by Crippen LogP contribution is -2.52. The van der Waals surface area contributed by atoms with Gasteiger partial charge in [-0.25, -0.2) is 0 Å². The number of benzene rings is 1. The third kappa shape index (κ3) is 2.81. The Hall–Kier alpha value is -2.01. The van der Waals surface area contributed by atoms with Crippen LogP contribution in [0.3, 0.4) is 0 Å². The van der Waals surface area contributed by atoms with Gasteiger partial charge in [-0.3, -0.25) is 4.79 Å². The molecule has 0 radical (unpaired) electrons. The molecule has 5 nitrogen and oxygen atoms in total. The molecule has 1 aliphatic heterocycles. The van der Waals surface area contributed by atoms with E-state index in [2.05, 4.69) is 5.32 Å². The fourth-order valence-corrected chi connectivity index (χ4v) is 3.17. The van der Waals surface area contributed by atoms with Gasteiger partial charge in [0.15, 0.2) is 0 Å². The molecule has 0 spiro atoms. The molecule has 3 rings (SSSR count). The standard InChI is InChI=1S/C17H22N2O3/c1-21-14-4-5-15-12(9-14)8-13(10-22-15)16(20)19-17(11-18)6-2-3-7-17/h4-5,8-9H,2-3,6-7,10-11,18H2,1H3,(H,19,20). The molecule has 1 heterocycles. The second-order valence-corrected chi connectivity index (χ2v) is 6.01. The number of carbonyl (C=O) groups excluding carboxylic acids is 1. The molecule has 1 fully saturated rings. The minimum Gasteiger partial charge on any atom is -0.497 e. The Morgan fingerprint density at radius 2 is 2.18 bits per heavy atom. The Labute approximate surface area is 130 Å². The monoisotopic (exact) mass is 302 g/mol. The van der Waals surface area contributed by atoms with Gasteiger partial charge in [-0.15, -0.1) is 0 Å². The minimum absolute atomic E-state index is 0.0826. The third-order valence-electron chi connectivity index (χ3n) is 4.55. The summed E-state index contributed by atoms with van der Waals surface area (Å²) < 4.78 is 10.9. The summed E-state index contributed by atoms with van der Waals surface area (Å²) in [7, 11) is 1.62. The SMILES string of the molecule is COc1ccc2c(c1)C=C(C(=O)NC1(CN)CCCC1)CO2. The summed E-state index contributed by atoms with van der Waals surface area (Å²) in [6.07, 6.45) is 6.01. The van der Waals surface area contributed by atoms with Crippen molar-refractivity contribution in [3.63, 3.8) is 0 Å². The zero-order chi connectivity index (χ0) is 15.6. The van der Waals surface area contributed by atoms with Crippen LogP contribution < -0.4 is 20.5 Å². The normalized spacial score (nSPS) is 18.9. The van der Waals surface area contributed by atoms with E-state index in [1.165, 1.54) is 0 Å². The summed E-state index contributed by atoms with van der Waals surface area (Å²) >= 11 is 0. The van der Waals surface area contributed by atoms with Crippen molar-refractivity contribution in [2.75, 3.05) is 20.3 Å². The van der Waals surface area contributed by atoms with Crippen LogP contribution in [0.25, 0.3) is 6.08 Å². The van der Waals surface area contributed by atoms with Crippen LogP contribution in [0.15, 0.2) is 23.8 Å². The predicted octanol–water partition coefficient (Wildman–Crippen LogP) is 1.86. The number of rotatable bonds is 4. The second kappa shape index (κ2) is 6.01. The van der Waals surface area contributed by atoms with E-state index in [0.717, 1.165) is 42.7 Å². The molecule has 3 N–H and O–H groups in total. The highest BCUT2D eigenvalue weighted by atomic mass is 16.5. The van der Waals surface area contributed by atoms with Crippen molar-refractivity contribution < 1.29 is 14.3 Å². The maximum absolute atomic E-state index is 12.5. The lowest BCUT2D eigenvalue weighted by Gasteiger charge is -2.30. The van der Waals surface area contributed by atoms with Crippen molar-refractivity contribution in [3.8, 4) is 11.5 Å². The van der Waals surface area contributed by atoms with E-state index in [1.54, 1.807) is 7.11 Å². The molecule has 1 aliphatic carbocycles. The lowest BCUT2D eigenvalue weighted by molar-refractivity contribution is -0.119. The van der Waals surface area contributed by atoms with Crippen LogP contribution in [-0.2, 0) is 4.79 Å². The molecule has 1 aromatic rings. The first-order valence-corrected chi connectivity index (χ1v) is 7.70. The number of nitrogens with one attached hydrogen (secondary N) is 1. The van der Waals surface area contributed by atoms with E-state index in [0.29, 0.717) is 12.1 Å². The molecule has 1 amide bonds. The maximum atomic E-state index is 12.5. The zero-order valence-corrected chi connectivity index (χ0v) is 12.9. The maximum Gasteiger partial charge on any atom is 0.251 e. The number of hydrogen-bond acceptors (Lipinski definition) is 4. The Bertz CT molecular complexity index is 604. The number of amides is 1. The summed E-state index contributed by atoms with van der Waals surface area (Å²) in [5.41, 5.74) is 7.13. The molecule has 22 heavy (non-hydrogen) atoms. The van der Waals surface area contributed by atoms with E-state index in [4.69, 9.17) is 15.2 Å². The van der Waals surface area contributed by atoms with Gasteiger partial charge < -0.3 is 20.5 Å². The molecule has 0 saturated heterocycles. The molecule has 118 valence electrons. The van der Waals surface area contributed by atoms with E-state index in [-0.39, 0.29) is 18.1 Å². The van der Waals surface area contributed by atoms with Gasteiger partial charge in [-0.2, -0.15) is 0 Å². The summed E-state index contributed by atoms with van der Waals surface area (Å²) in [6, 6.07) is 5.58. The van der Waals surface area contributed by atoms with Crippen molar-refractivity contribution in [3.05, 3.63) is 29.3 Å². The Morgan fingerprint density at radius 3 is 2.86 bits per heavy atom. The number of hydrogen-bond donors (Lipinski definition) is 2. The van der Waals surface area contributed by atoms with E-state index in [1.807, 2.05) is 24.3 Å². The molecule has 1 aromatic carbocycles. The van der Waals surface area contributed by atoms with Gasteiger partial charge in [-0.1, -0.05) is 12.8 Å². The van der Waals surface area contributed by atoms with Crippen LogP contribution in [0.5, 0.6) is 11.5 Å². The van der Waals surface area contributed by atoms with Crippen molar-refractivity contribution in [2.24, 2.45) is 5.73 Å². The fraction of sp³-hybridized carbons (Fsp3) is 0.471. The fourth-order valence-electron chi connectivity index (χ4n) is 3.17. The highest BCUT2D eigenvalue weighted by Crippen LogP contribution is 2.32. The van der Waals surface area contributed by atoms with Gasteiger partial charge in [0, 0.05) is 12.1 Å². The third-order valence-corrected chi connectivity index (χ3v) is 4.55. The topological polar surface area (TPSA) is 73.6 Å². The molecule has 0 unspecified atom stereocenters. The number of ether oxygens (including phenoxy) is 2. The summed E-state index contributed by atoms with van der Waals surface area (Å²) in [6.45, 7) is 0.767. The van der Waals surface area contributed by atoms with E-state index in [9.17, 15) is 4.79 Å². The first-order valence-electron chi connectivity index (χ1n) is 7.70. The van der Waals surface area contributed by atoms with Gasteiger partial charge >= 0.3 is 0 Å². The van der Waals surface area contributed by atoms with Crippen molar-refractivity contribution >= 4 is 12.0 Å². The quantitative estimate of drug-likeness (QED) is 0.890. The molecule has 5 heteroatoms. The van der Waals surface area contributed by atoms with Crippen molar-refractivity contribution in [1.29, 1.82) is 0 Å². The first-order chi connectivity index (χ1) is 10.7. The molecule has 2 aliphatic rings. The average molecular weight is 302 g/mol. The first kappa shape index (κ1) is 14.9. The van der Waals surface area contributed by atoms with Crippen molar-refractivity contribution in [2.45, 2.75) is 31.2 Å². The number of carbonyl (C=O) groups is 1. The van der Waals surface area contributed by atoms with Crippen LogP contribution in [0.2, 0.25) is 0 Å². The van der Waals surface area contributed by atoms with Crippen LogP contribution >= 0.6 is 0 Å². The summed E-state index contributed by atoms with van der Waals surface area (Å²) in [4.78, 5) is 12.5. The second-order valence-electron chi connectivity index (χ2n) is 6.01. The predicted molar refractivity (Wildman–Crippen MR) is 84.9 cm³/mol. The van der Waals surface area contributed by atoms with Crippen LogP contribution in [0.4, 0.5) is 0 Å². The molecule has 0 atom stereocenters. The summed E-state index contributed by atoms with van der Waals surface area (Å²) in [5.74, 6) is 1.43. The number of fused-ring (bicyclic) bond motifs is 1. The smallest absolute Gasteiger partial charge is 0.251 e. The van der Waals surface area contributed by atoms with Crippen molar-refractivity contribution in [1.82, 2.24) is 5.32 Å². The number of methoxy groups -OCH3 is 1. The van der Waals surface area contributed by atoms with Gasteiger partial charge in [0.25, 0.3) is 5.91 Å². The average Bonchev–Trinajstić information content (AvgIpc) is 3.02. The molecular weight excluding hydrogens is 280 g/mol. The number of nitrogens with two attached hydrogens (primary N) is 1. The lowest BCUT2D eigenvalue weighted by atomic mass is 9.96. The molecule has 0 aromatic heterocycles. The van der Waals surface area contributed by atoms with E-state index >= 15 is 0 Å². The Morgan fingerprint density at radius 1 is 1.41 bits per heavy atom. The van der Waals surface area contributed by atoms with E-state index < -0.39 is 0 Å². The molecule has 0 bridgehead atoms. The van der Waals surface area contributed by atoms with Gasteiger partial charge in [0.1, 0.15) is 18.1 Å². The van der Waals surface area contributed by atoms with Crippen LogP contribution in [0, 0.1) is 0 Å². The van der Waals surface area contributed by atoms with Gasteiger partial charge in [-0.05, 0) is 37.1 Å². The van der Waals surface area contributed by atoms with Crippen LogP contribution in [-0.4, -0.2) is 31.7 Å².